The smallest absolute Gasteiger partial charge is 0.257 e. The maximum absolute atomic E-state index is 13.7. The molecule has 1 fully saturated rings. The molecule has 2 heterocycles. The van der Waals surface area contributed by atoms with Gasteiger partial charge in [-0.2, -0.15) is 4.98 Å². The lowest BCUT2D eigenvalue weighted by Crippen LogP contribution is -2.40. The lowest BCUT2D eigenvalue weighted by molar-refractivity contribution is -0.126. The number of nitrogens with zero attached hydrogens (tertiary/aromatic N) is 3. The van der Waals surface area contributed by atoms with Crippen LogP contribution in [0.4, 0.5) is 8.78 Å². The summed E-state index contributed by atoms with van der Waals surface area (Å²) >= 11 is 0. The van der Waals surface area contributed by atoms with E-state index >= 15 is 0 Å². The molecule has 30 heavy (non-hydrogen) atoms. The Hall–Kier alpha value is -3.13. The van der Waals surface area contributed by atoms with E-state index in [0.29, 0.717) is 42.2 Å². The number of carbonyl (C=O) groups is 1. The molecular weight excluding hydrogens is 390 g/mol. The molecule has 6 nitrogen and oxygen atoms in total. The summed E-state index contributed by atoms with van der Waals surface area (Å²) in [5.74, 6) is 0.139. The molecule has 1 N–H and O–H groups in total. The van der Waals surface area contributed by atoms with Crippen LogP contribution in [0.15, 0.2) is 53.1 Å². The Morgan fingerprint density at radius 3 is 2.57 bits per heavy atom. The van der Waals surface area contributed by atoms with Crippen LogP contribution in [0, 0.1) is 17.6 Å². The second kappa shape index (κ2) is 9.13. The zero-order chi connectivity index (χ0) is 20.9. The molecule has 0 bridgehead atoms. The van der Waals surface area contributed by atoms with Gasteiger partial charge in [-0.3, -0.25) is 9.69 Å². The van der Waals surface area contributed by atoms with E-state index in [1.165, 1.54) is 18.2 Å². The molecule has 0 unspecified atom stereocenters. The van der Waals surface area contributed by atoms with Gasteiger partial charge in [0.25, 0.3) is 5.89 Å². The molecule has 1 aromatic heterocycles. The predicted molar refractivity (Wildman–Crippen MR) is 106 cm³/mol. The Balaban J connectivity index is 1.25. The number of aromatic nitrogens is 2. The van der Waals surface area contributed by atoms with Crippen LogP contribution in [0.25, 0.3) is 11.5 Å². The van der Waals surface area contributed by atoms with Gasteiger partial charge in [-0.05, 0) is 56.3 Å². The van der Waals surface area contributed by atoms with E-state index in [1.54, 1.807) is 30.3 Å². The second-order valence-electron chi connectivity index (χ2n) is 7.38. The monoisotopic (exact) mass is 412 g/mol. The third-order valence-electron chi connectivity index (χ3n) is 5.29. The van der Waals surface area contributed by atoms with Crippen molar-refractivity contribution in [3.05, 3.63) is 71.6 Å². The fourth-order valence-electron chi connectivity index (χ4n) is 3.55. The van der Waals surface area contributed by atoms with E-state index in [9.17, 15) is 13.6 Å². The van der Waals surface area contributed by atoms with E-state index in [0.717, 1.165) is 13.1 Å². The van der Waals surface area contributed by atoms with E-state index < -0.39 is 0 Å². The first-order chi connectivity index (χ1) is 14.6. The summed E-state index contributed by atoms with van der Waals surface area (Å²) < 4.78 is 32.0. The number of hydrogen-bond donors (Lipinski definition) is 1. The number of piperidine rings is 1. The van der Waals surface area contributed by atoms with Gasteiger partial charge in [0.1, 0.15) is 11.6 Å². The minimum absolute atomic E-state index is 0.0453. The summed E-state index contributed by atoms with van der Waals surface area (Å²) in [6.45, 7) is 2.19. The molecule has 1 aliphatic heterocycles. The van der Waals surface area contributed by atoms with Crippen LogP contribution in [-0.2, 0) is 17.9 Å². The Kier molecular flexibility index (Phi) is 6.13. The highest BCUT2D eigenvalue weighted by Crippen LogP contribution is 2.21. The van der Waals surface area contributed by atoms with E-state index in [1.807, 2.05) is 0 Å². The van der Waals surface area contributed by atoms with Crippen LogP contribution in [-0.4, -0.2) is 34.0 Å². The van der Waals surface area contributed by atoms with E-state index in [4.69, 9.17) is 4.52 Å². The number of hydrogen-bond acceptors (Lipinski definition) is 5. The van der Waals surface area contributed by atoms with Gasteiger partial charge in [-0.1, -0.05) is 23.4 Å². The molecule has 156 valence electrons. The molecule has 0 radical (unpaired) electrons. The molecule has 8 heteroatoms. The summed E-state index contributed by atoms with van der Waals surface area (Å²) in [4.78, 5) is 19.0. The van der Waals surface area contributed by atoms with E-state index in [2.05, 4.69) is 20.4 Å². The zero-order valence-corrected chi connectivity index (χ0v) is 16.4. The molecule has 1 aliphatic rings. The first kappa shape index (κ1) is 20.2. The fourth-order valence-corrected chi connectivity index (χ4v) is 3.55. The highest BCUT2D eigenvalue weighted by molar-refractivity contribution is 5.78. The highest BCUT2D eigenvalue weighted by atomic mass is 19.1. The second-order valence-corrected chi connectivity index (χ2v) is 7.38. The van der Waals surface area contributed by atoms with Gasteiger partial charge in [-0.25, -0.2) is 8.78 Å². The number of rotatable bonds is 6. The standard InChI is InChI=1S/C22H22F2N4O2/c23-18-7-5-16(6-8-18)22-26-20(27-30-22)14-28-11-9-15(10-12-28)21(29)25-13-17-3-1-2-4-19(17)24/h1-8,15H,9-14H2,(H,25,29). The highest BCUT2D eigenvalue weighted by Gasteiger charge is 2.26. The van der Waals surface area contributed by atoms with Gasteiger partial charge in [0, 0.05) is 23.6 Å². The number of carbonyl (C=O) groups excluding carboxylic acids is 1. The van der Waals surface area contributed by atoms with Crippen molar-refractivity contribution in [3.8, 4) is 11.5 Å². The number of halogens is 2. The van der Waals surface area contributed by atoms with Crippen molar-refractivity contribution in [2.75, 3.05) is 13.1 Å². The molecule has 4 rings (SSSR count). The van der Waals surface area contributed by atoms with Crippen LogP contribution < -0.4 is 5.32 Å². The lowest BCUT2D eigenvalue weighted by Gasteiger charge is -2.30. The molecule has 1 saturated heterocycles. The number of nitrogens with one attached hydrogen (secondary N) is 1. The summed E-state index contributed by atoms with van der Waals surface area (Å²) in [5.41, 5.74) is 1.15. The summed E-state index contributed by atoms with van der Waals surface area (Å²) in [5, 5.41) is 6.83. The van der Waals surface area contributed by atoms with Crippen LogP contribution >= 0.6 is 0 Å². The van der Waals surface area contributed by atoms with Crippen molar-refractivity contribution < 1.29 is 18.1 Å². The Labute approximate surface area is 172 Å². The maximum Gasteiger partial charge on any atom is 0.257 e. The van der Waals surface area contributed by atoms with Gasteiger partial charge in [-0.15, -0.1) is 0 Å². The van der Waals surface area contributed by atoms with Gasteiger partial charge in [0.15, 0.2) is 5.82 Å². The number of amides is 1. The van der Waals surface area contributed by atoms with Crippen molar-refractivity contribution in [3.63, 3.8) is 0 Å². The Morgan fingerprint density at radius 2 is 1.83 bits per heavy atom. The van der Waals surface area contributed by atoms with Gasteiger partial charge in [0.05, 0.1) is 6.54 Å². The molecule has 3 aromatic rings. The molecule has 1 amide bonds. The lowest BCUT2D eigenvalue weighted by atomic mass is 9.96. The molecule has 0 aliphatic carbocycles. The van der Waals surface area contributed by atoms with Crippen molar-refractivity contribution in [1.29, 1.82) is 0 Å². The molecular formula is C22H22F2N4O2. The minimum atomic E-state index is -0.320. The van der Waals surface area contributed by atoms with E-state index in [-0.39, 0.29) is 30.0 Å². The first-order valence-corrected chi connectivity index (χ1v) is 9.90. The Bertz CT molecular complexity index is 998. The SMILES string of the molecule is O=C(NCc1ccccc1F)C1CCN(Cc2noc(-c3ccc(F)cc3)n2)CC1. The van der Waals surface area contributed by atoms with Gasteiger partial charge >= 0.3 is 0 Å². The molecule has 0 saturated carbocycles. The average molecular weight is 412 g/mol. The Morgan fingerprint density at radius 1 is 1.10 bits per heavy atom. The minimum Gasteiger partial charge on any atom is -0.352 e. The largest absolute Gasteiger partial charge is 0.352 e. The van der Waals surface area contributed by atoms with Gasteiger partial charge in [0.2, 0.25) is 5.91 Å². The first-order valence-electron chi connectivity index (χ1n) is 9.90. The predicted octanol–water partition coefficient (Wildman–Crippen LogP) is 3.54. The van der Waals surface area contributed by atoms with Crippen molar-refractivity contribution in [1.82, 2.24) is 20.4 Å². The number of benzene rings is 2. The average Bonchev–Trinajstić information content (AvgIpc) is 3.22. The quantitative estimate of drug-likeness (QED) is 0.671. The maximum atomic E-state index is 13.7. The summed E-state index contributed by atoms with van der Waals surface area (Å²) in [6.07, 6.45) is 1.43. The summed E-state index contributed by atoms with van der Waals surface area (Å²) in [6, 6.07) is 12.3. The molecule has 0 spiro atoms. The van der Waals surface area contributed by atoms with Crippen LogP contribution in [0.5, 0.6) is 0 Å². The third-order valence-corrected chi connectivity index (χ3v) is 5.29. The molecule has 0 atom stereocenters. The topological polar surface area (TPSA) is 71.3 Å². The number of likely N-dealkylation sites (tertiary alicyclic amines) is 1. The van der Waals surface area contributed by atoms with Crippen molar-refractivity contribution >= 4 is 5.91 Å². The van der Waals surface area contributed by atoms with Crippen molar-refractivity contribution in [2.24, 2.45) is 5.92 Å². The van der Waals surface area contributed by atoms with Gasteiger partial charge < -0.3 is 9.84 Å². The zero-order valence-electron chi connectivity index (χ0n) is 16.4. The van der Waals surface area contributed by atoms with Crippen LogP contribution in [0.2, 0.25) is 0 Å². The van der Waals surface area contributed by atoms with Crippen molar-refractivity contribution in [2.45, 2.75) is 25.9 Å². The molecule has 2 aromatic carbocycles. The van der Waals surface area contributed by atoms with Crippen LogP contribution in [0.1, 0.15) is 24.2 Å². The normalized spacial score (nSPS) is 15.3. The summed E-state index contributed by atoms with van der Waals surface area (Å²) in [7, 11) is 0. The van der Waals surface area contributed by atoms with Crippen LogP contribution in [0.3, 0.4) is 0 Å². The fraction of sp³-hybridized carbons (Fsp3) is 0.318. The third kappa shape index (κ3) is 4.88.